The topological polar surface area (TPSA) is 42.0 Å². The molecule has 0 saturated heterocycles. The molecule has 0 atom stereocenters. The SMILES string of the molecule is Cc1nc2sc(C(=O)NC3(C)CCC3)c(Br)c2c(C)c1Cl. The number of carbonyl (C=O) groups excluding carboxylic acids is 1. The second-order valence-corrected chi connectivity index (χ2v) is 8.10. The fraction of sp³-hybridized carbons (Fsp3) is 0.467. The smallest absolute Gasteiger partial charge is 0.263 e. The number of hydrogen-bond acceptors (Lipinski definition) is 3. The van der Waals surface area contributed by atoms with Gasteiger partial charge in [-0.3, -0.25) is 4.79 Å². The van der Waals surface area contributed by atoms with Crippen molar-refractivity contribution in [3.8, 4) is 0 Å². The Labute approximate surface area is 141 Å². The van der Waals surface area contributed by atoms with Gasteiger partial charge in [0.1, 0.15) is 9.71 Å². The lowest BCUT2D eigenvalue weighted by Crippen LogP contribution is -2.50. The number of fused-ring (bicyclic) bond motifs is 1. The van der Waals surface area contributed by atoms with Crippen LogP contribution in [-0.4, -0.2) is 16.4 Å². The number of aryl methyl sites for hydroxylation is 2. The molecule has 0 spiro atoms. The number of thiophene rings is 1. The van der Waals surface area contributed by atoms with Gasteiger partial charge in [-0.25, -0.2) is 4.98 Å². The highest BCUT2D eigenvalue weighted by molar-refractivity contribution is 9.10. The van der Waals surface area contributed by atoms with Gasteiger partial charge in [-0.15, -0.1) is 11.3 Å². The fourth-order valence-corrected chi connectivity index (χ4v) is 4.94. The first-order valence-corrected chi connectivity index (χ1v) is 8.88. The van der Waals surface area contributed by atoms with E-state index in [-0.39, 0.29) is 11.4 Å². The lowest BCUT2D eigenvalue weighted by Gasteiger charge is -2.39. The standard InChI is InChI=1S/C15H16BrClN2OS/c1-7-9-10(16)12(13(20)19-15(3)5-4-6-15)21-14(9)18-8(2)11(7)17/h4-6H2,1-3H3,(H,19,20). The summed E-state index contributed by atoms with van der Waals surface area (Å²) in [5.41, 5.74) is 1.72. The van der Waals surface area contributed by atoms with Crippen LogP contribution in [0.1, 0.15) is 47.1 Å². The number of carbonyl (C=O) groups is 1. The van der Waals surface area contributed by atoms with Crippen LogP contribution in [0.5, 0.6) is 0 Å². The number of aromatic nitrogens is 1. The molecule has 1 aliphatic carbocycles. The first-order valence-electron chi connectivity index (χ1n) is 6.89. The van der Waals surface area contributed by atoms with E-state index in [1.807, 2.05) is 13.8 Å². The van der Waals surface area contributed by atoms with Crippen molar-refractivity contribution in [2.24, 2.45) is 0 Å². The van der Waals surface area contributed by atoms with E-state index in [0.717, 1.165) is 38.8 Å². The molecule has 6 heteroatoms. The van der Waals surface area contributed by atoms with Crippen LogP contribution in [-0.2, 0) is 0 Å². The number of pyridine rings is 1. The maximum atomic E-state index is 12.5. The van der Waals surface area contributed by atoms with Gasteiger partial charge in [-0.05, 0) is 61.5 Å². The number of halogens is 2. The van der Waals surface area contributed by atoms with E-state index < -0.39 is 0 Å². The normalized spacial score (nSPS) is 16.8. The van der Waals surface area contributed by atoms with Crippen LogP contribution >= 0.6 is 38.9 Å². The summed E-state index contributed by atoms with van der Waals surface area (Å²) in [6.45, 7) is 5.95. The molecule has 1 aliphatic rings. The van der Waals surface area contributed by atoms with Gasteiger partial charge in [-0.1, -0.05) is 11.6 Å². The first kappa shape index (κ1) is 15.3. The minimum Gasteiger partial charge on any atom is -0.346 e. The van der Waals surface area contributed by atoms with E-state index in [9.17, 15) is 4.79 Å². The summed E-state index contributed by atoms with van der Waals surface area (Å²) in [4.78, 5) is 18.6. The van der Waals surface area contributed by atoms with Crippen LogP contribution in [0.15, 0.2) is 4.47 Å². The quantitative estimate of drug-likeness (QED) is 0.787. The Balaban J connectivity index is 2.05. The van der Waals surface area contributed by atoms with E-state index in [1.165, 1.54) is 17.8 Å². The number of rotatable bonds is 2. The van der Waals surface area contributed by atoms with Crippen LogP contribution in [0, 0.1) is 13.8 Å². The molecule has 1 saturated carbocycles. The maximum Gasteiger partial charge on any atom is 0.263 e. The lowest BCUT2D eigenvalue weighted by atomic mass is 9.78. The van der Waals surface area contributed by atoms with E-state index in [2.05, 4.69) is 33.2 Å². The number of hydrogen-bond donors (Lipinski definition) is 1. The summed E-state index contributed by atoms with van der Waals surface area (Å²) in [5.74, 6) is -0.0275. The van der Waals surface area contributed by atoms with E-state index in [1.54, 1.807) is 0 Å². The molecule has 0 aliphatic heterocycles. The Morgan fingerprint density at radius 2 is 2.10 bits per heavy atom. The van der Waals surface area contributed by atoms with Crippen LogP contribution in [0.25, 0.3) is 10.2 Å². The summed E-state index contributed by atoms with van der Waals surface area (Å²) < 4.78 is 0.801. The van der Waals surface area contributed by atoms with Gasteiger partial charge in [0.25, 0.3) is 5.91 Å². The largest absolute Gasteiger partial charge is 0.346 e. The van der Waals surface area contributed by atoms with Gasteiger partial charge in [-0.2, -0.15) is 0 Å². The second kappa shape index (κ2) is 5.21. The summed E-state index contributed by atoms with van der Waals surface area (Å²) in [5, 5.41) is 4.75. The molecule has 1 N–H and O–H groups in total. The fourth-order valence-electron chi connectivity index (χ4n) is 2.70. The van der Waals surface area contributed by atoms with Gasteiger partial charge in [0.15, 0.2) is 0 Å². The minimum absolute atomic E-state index is 0.0275. The lowest BCUT2D eigenvalue weighted by molar-refractivity contribution is 0.0854. The maximum absolute atomic E-state index is 12.5. The van der Waals surface area contributed by atoms with Crippen molar-refractivity contribution in [3.63, 3.8) is 0 Å². The average molecular weight is 388 g/mol. The molecule has 2 heterocycles. The van der Waals surface area contributed by atoms with Crippen molar-refractivity contribution in [3.05, 3.63) is 25.6 Å². The van der Waals surface area contributed by atoms with Gasteiger partial charge in [0.05, 0.1) is 15.2 Å². The summed E-state index contributed by atoms with van der Waals surface area (Å²) in [6, 6.07) is 0. The highest BCUT2D eigenvalue weighted by Gasteiger charge is 2.34. The van der Waals surface area contributed by atoms with E-state index >= 15 is 0 Å². The molecule has 3 nitrogen and oxygen atoms in total. The number of nitrogens with one attached hydrogen (secondary N) is 1. The number of amides is 1. The molecule has 3 rings (SSSR count). The van der Waals surface area contributed by atoms with E-state index in [0.29, 0.717) is 9.90 Å². The molecule has 2 aromatic heterocycles. The molecular formula is C15H16BrClN2OS. The molecule has 1 fully saturated rings. The first-order chi connectivity index (χ1) is 9.82. The summed E-state index contributed by atoms with van der Waals surface area (Å²) in [6.07, 6.45) is 3.27. The molecule has 2 aromatic rings. The van der Waals surface area contributed by atoms with Gasteiger partial charge < -0.3 is 5.32 Å². The van der Waals surface area contributed by atoms with Crippen molar-refractivity contribution >= 4 is 55.0 Å². The molecule has 0 bridgehead atoms. The third kappa shape index (κ3) is 2.49. The molecule has 0 radical (unpaired) electrons. The van der Waals surface area contributed by atoms with Crippen LogP contribution in [0.3, 0.4) is 0 Å². The summed E-state index contributed by atoms with van der Waals surface area (Å²) >= 11 is 11.3. The van der Waals surface area contributed by atoms with Crippen molar-refractivity contribution in [1.29, 1.82) is 0 Å². The minimum atomic E-state index is -0.0528. The third-order valence-corrected chi connectivity index (χ3v) is 6.90. The van der Waals surface area contributed by atoms with Crippen molar-refractivity contribution < 1.29 is 4.79 Å². The molecule has 0 aromatic carbocycles. The second-order valence-electron chi connectivity index (χ2n) is 5.93. The predicted molar refractivity (Wildman–Crippen MR) is 91.5 cm³/mol. The zero-order valence-electron chi connectivity index (χ0n) is 12.1. The molecule has 112 valence electrons. The van der Waals surface area contributed by atoms with Crippen LogP contribution in [0.4, 0.5) is 0 Å². The Bertz CT molecular complexity index is 752. The Morgan fingerprint density at radius 3 is 2.67 bits per heavy atom. The monoisotopic (exact) mass is 386 g/mol. The zero-order chi connectivity index (χ0) is 15.4. The Kier molecular flexibility index (Phi) is 3.79. The van der Waals surface area contributed by atoms with Gasteiger partial charge >= 0.3 is 0 Å². The van der Waals surface area contributed by atoms with Gasteiger partial charge in [0, 0.05) is 10.9 Å². The highest BCUT2D eigenvalue weighted by Crippen LogP contribution is 2.40. The average Bonchev–Trinajstić information content (AvgIpc) is 2.71. The molecule has 1 amide bonds. The zero-order valence-corrected chi connectivity index (χ0v) is 15.3. The summed E-state index contributed by atoms with van der Waals surface area (Å²) in [7, 11) is 0. The van der Waals surface area contributed by atoms with Crippen molar-refractivity contribution in [2.75, 3.05) is 0 Å². The number of nitrogens with zero attached hydrogens (tertiary/aromatic N) is 1. The van der Waals surface area contributed by atoms with Gasteiger partial charge in [0.2, 0.25) is 0 Å². The Hall–Kier alpha value is -0.650. The van der Waals surface area contributed by atoms with Crippen molar-refractivity contribution in [2.45, 2.75) is 45.6 Å². The highest BCUT2D eigenvalue weighted by atomic mass is 79.9. The molecule has 21 heavy (non-hydrogen) atoms. The Morgan fingerprint density at radius 1 is 1.43 bits per heavy atom. The third-order valence-electron chi connectivity index (χ3n) is 4.20. The molecule has 0 unspecified atom stereocenters. The van der Waals surface area contributed by atoms with Crippen LogP contribution < -0.4 is 5.32 Å². The molecular weight excluding hydrogens is 372 g/mol. The predicted octanol–water partition coefficient (Wildman–Crippen LogP) is 5.00. The van der Waals surface area contributed by atoms with E-state index in [4.69, 9.17) is 11.6 Å². The van der Waals surface area contributed by atoms with Crippen LogP contribution in [0.2, 0.25) is 5.02 Å². The van der Waals surface area contributed by atoms with Crippen molar-refractivity contribution in [1.82, 2.24) is 10.3 Å².